The Labute approximate surface area is 146 Å². The lowest BCUT2D eigenvalue weighted by molar-refractivity contribution is -0.132. The second kappa shape index (κ2) is 8.09. The molecule has 2 aliphatic heterocycles. The lowest BCUT2D eigenvalue weighted by atomic mass is 10.2. The number of hydrogen-bond acceptors (Lipinski definition) is 5. The van der Waals surface area contributed by atoms with Crippen molar-refractivity contribution >= 4 is 23.2 Å². The summed E-state index contributed by atoms with van der Waals surface area (Å²) in [6, 6.07) is 3.71. The van der Waals surface area contributed by atoms with Crippen LogP contribution in [0.5, 0.6) is 0 Å². The third-order valence-electron chi connectivity index (χ3n) is 4.58. The molecule has 0 spiro atoms. The predicted molar refractivity (Wildman–Crippen MR) is 93.4 cm³/mol. The van der Waals surface area contributed by atoms with E-state index in [9.17, 15) is 9.59 Å². The van der Waals surface area contributed by atoms with Gasteiger partial charge < -0.3 is 15.0 Å². The second-order valence-corrected chi connectivity index (χ2v) is 7.70. The molecule has 2 aliphatic rings. The van der Waals surface area contributed by atoms with Crippen LogP contribution in [0.1, 0.15) is 27.4 Å². The molecule has 7 heteroatoms. The first-order valence-corrected chi connectivity index (χ1v) is 9.40. The van der Waals surface area contributed by atoms with E-state index in [0.717, 1.165) is 57.0 Å². The molecule has 2 fully saturated rings. The molecule has 0 saturated carbocycles. The molecular weight excluding hydrogens is 326 g/mol. The minimum Gasteiger partial charge on any atom is -0.377 e. The van der Waals surface area contributed by atoms with Gasteiger partial charge in [-0.1, -0.05) is 0 Å². The van der Waals surface area contributed by atoms with E-state index in [4.69, 9.17) is 4.74 Å². The number of thiophene rings is 1. The lowest BCUT2D eigenvalue weighted by Gasteiger charge is -2.35. The highest BCUT2D eigenvalue weighted by atomic mass is 32.1. The molecule has 0 radical (unpaired) electrons. The highest BCUT2D eigenvalue weighted by molar-refractivity contribution is 7.13. The van der Waals surface area contributed by atoms with Crippen LogP contribution in [0.4, 0.5) is 0 Å². The molecule has 2 saturated heterocycles. The number of nitrogens with one attached hydrogen (secondary N) is 1. The van der Waals surface area contributed by atoms with Gasteiger partial charge in [0.15, 0.2) is 0 Å². The highest BCUT2D eigenvalue weighted by Crippen LogP contribution is 2.15. The predicted octanol–water partition coefficient (Wildman–Crippen LogP) is 1.11. The molecule has 1 aromatic heterocycles. The summed E-state index contributed by atoms with van der Waals surface area (Å²) in [7, 11) is 0. The van der Waals surface area contributed by atoms with Crippen molar-refractivity contribution in [2.75, 3.05) is 45.9 Å². The van der Waals surface area contributed by atoms with Crippen molar-refractivity contribution in [3.63, 3.8) is 0 Å². The van der Waals surface area contributed by atoms with Crippen molar-refractivity contribution in [2.45, 2.75) is 25.9 Å². The number of carbonyl (C=O) groups is 2. The van der Waals surface area contributed by atoms with E-state index in [1.54, 1.807) is 6.07 Å². The van der Waals surface area contributed by atoms with Crippen molar-refractivity contribution in [1.82, 2.24) is 15.1 Å². The number of carbonyl (C=O) groups excluding carboxylic acids is 2. The standard InChI is InChI=1S/C17H25N3O3S/c1-13-4-5-15(24-13)17(22)18-11-16(21)20-8-6-19(7-9-20)12-14-3-2-10-23-14/h4-5,14H,2-3,6-12H2,1H3,(H,18,22)/t14-/m0/s1. The molecule has 1 atom stereocenters. The maximum atomic E-state index is 12.3. The molecule has 1 aromatic rings. The molecular formula is C17H25N3O3S. The summed E-state index contributed by atoms with van der Waals surface area (Å²) in [6.07, 6.45) is 2.67. The monoisotopic (exact) mass is 351 g/mol. The van der Waals surface area contributed by atoms with Gasteiger partial charge in [0.05, 0.1) is 17.5 Å². The van der Waals surface area contributed by atoms with E-state index >= 15 is 0 Å². The summed E-state index contributed by atoms with van der Waals surface area (Å²) >= 11 is 1.44. The van der Waals surface area contributed by atoms with Crippen molar-refractivity contribution in [1.29, 1.82) is 0 Å². The van der Waals surface area contributed by atoms with Crippen LogP contribution in [0, 0.1) is 6.92 Å². The van der Waals surface area contributed by atoms with Gasteiger partial charge in [0.2, 0.25) is 5.91 Å². The van der Waals surface area contributed by atoms with Gasteiger partial charge in [0.1, 0.15) is 0 Å². The second-order valence-electron chi connectivity index (χ2n) is 6.41. The molecule has 0 bridgehead atoms. The number of ether oxygens (including phenoxy) is 1. The third-order valence-corrected chi connectivity index (χ3v) is 5.57. The van der Waals surface area contributed by atoms with Crippen molar-refractivity contribution < 1.29 is 14.3 Å². The Morgan fingerprint density at radius 1 is 1.29 bits per heavy atom. The number of piperazine rings is 1. The normalized spacial score (nSPS) is 21.9. The van der Waals surface area contributed by atoms with E-state index < -0.39 is 0 Å². The molecule has 1 N–H and O–H groups in total. The summed E-state index contributed by atoms with van der Waals surface area (Å²) in [5.74, 6) is -0.174. The quantitative estimate of drug-likeness (QED) is 0.863. The van der Waals surface area contributed by atoms with Gasteiger partial charge in [0.25, 0.3) is 5.91 Å². The summed E-state index contributed by atoms with van der Waals surface area (Å²) < 4.78 is 5.67. The van der Waals surface area contributed by atoms with Gasteiger partial charge in [-0.25, -0.2) is 0 Å². The molecule has 0 aromatic carbocycles. The van der Waals surface area contributed by atoms with E-state index in [2.05, 4.69) is 10.2 Å². The number of nitrogens with zero attached hydrogens (tertiary/aromatic N) is 2. The van der Waals surface area contributed by atoms with Crippen molar-refractivity contribution in [3.05, 3.63) is 21.9 Å². The number of aryl methyl sites for hydroxylation is 1. The van der Waals surface area contributed by atoms with Crippen LogP contribution in [0.15, 0.2) is 12.1 Å². The molecule has 24 heavy (non-hydrogen) atoms. The van der Waals surface area contributed by atoms with Crippen LogP contribution in [-0.4, -0.2) is 73.6 Å². The van der Waals surface area contributed by atoms with Crippen molar-refractivity contribution in [2.24, 2.45) is 0 Å². The first-order chi connectivity index (χ1) is 11.6. The number of hydrogen-bond donors (Lipinski definition) is 1. The van der Waals surface area contributed by atoms with Gasteiger partial charge in [-0.2, -0.15) is 0 Å². The minimum absolute atomic E-state index is 0.00612. The molecule has 6 nitrogen and oxygen atoms in total. The Morgan fingerprint density at radius 3 is 2.71 bits per heavy atom. The average Bonchev–Trinajstić information content (AvgIpc) is 3.24. The third kappa shape index (κ3) is 4.55. The fourth-order valence-electron chi connectivity index (χ4n) is 3.17. The van der Waals surface area contributed by atoms with Gasteiger partial charge in [-0.3, -0.25) is 14.5 Å². The average molecular weight is 351 g/mol. The number of amides is 2. The van der Waals surface area contributed by atoms with Crippen LogP contribution in [0.2, 0.25) is 0 Å². The van der Waals surface area contributed by atoms with Crippen LogP contribution in [-0.2, 0) is 9.53 Å². The zero-order chi connectivity index (χ0) is 16.9. The Hall–Kier alpha value is -1.44. The lowest BCUT2D eigenvalue weighted by Crippen LogP contribution is -2.52. The zero-order valence-electron chi connectivity index (χ0n) is 14.1. The smallest absolute Gasteiger partial charge is 0.261 e. The highest BCUT2D eigenvalue weighted by Gasteiger charge is 2.25. The van der Waals surface area contributed by atoms with Crippen LogP contribution in [0.3, 0.4) is 0 Å². The molecule has 0 aliphatic carbocycles. The maximum absolute atomic E-state index is 12.3. The Bertz CT molecular complexity index is 575. The first-order valence-electron chi connectivity index (χ1n) is 8.58. The van der Waals surface area contributed by atoms with Gasteiger partial charge in [0, 0.05) is 44.2 Å². The van der Waals surface area contributed by atoms with Crippen LogP contribution < -0.4 is 5.32 Å². The summed E-state index contributed by atoms with van der Waals surface area (Å²) in [5, 5.41) is 2.73. The van der Waals surface area contributed by atoms with Gasteiger partial charge in [-0.05, 0) is 31.9 Å². The van der Waals surface area contributed by atoms with Crippen molar-refractivity contribution in [3.8, 4) is 0 Å². The van der Waals surface area contributed by atoms with Crippen LogP contribution in [0.25, 0.3) is 0 Å². The van der Waals surface area contributed by atoms with E-state index in [0.29, 0.717) is 11.0 Å². The SMILES string of the molecule is Cc1ccc(C(=O)NCC(=O)N2CCN(C[C@@H]3CCCO3)CC2)s1. The summed E-state index contributed by atoms with van der Waals surface area (Å²) in [4.78, 5) is 30.2. The molecule has 3 heterocycles. The van der Waals surface area contributed by atoms with Crippen LogP contribution >= 0.6 is 11.3 Å². The fourth-order valence-corrected chi connectivity index (χ4v) is 3.95. The summed E-state index contributed by atoms with van der Waals surface area (Å²) in [6.45, 7) is 7.08. The maximum Gasteiger partial charge on any atom is 0.261 e. The largest absolute Gasteiger partial charge is 0.377 e. The van der Waals surface area contributed by atoms with E-state index in [1.165, 1.54) is 11.3 Å². The minimum atomic E-state index is -0.168. The number of rotatable bonds is 5. The Balaban J connectivity index is 1.38. The molecule has 3 rings (SSSR count). The Morgan fingerprint density at radius 2 is 2.08 bits per heavy atom. The topological polar surface area (TPSA) is 61.9 Å². The summed E-state index contributed by atoms with van der Waals surface area (Å²) in [5.41, 5.74) is 0. The molecule has 132 valence electrons. The molecule has 2 amide bonds. The zero-order valence-corrected chi connectivity index (χ0v) is 14.9. The van der Waals surface area contributed by atoms with E-state index in [1.807, 2.05) is 17.9 Å². The fraction of sp³-hybridized carbons (Fsp3) is 0.647. The van der Waals surface area contributed by atoms with Gasteiger partial charge >= 0.3 is 0 Å². The first kappa shape index (κ1) is 17.4. The van der Waals surface area contributed by atoms with E-state index in [-0.39, 0.29) is 18.4 Å². The Kier molecular flexibility index (Phi) is 5.86. The molecule has 0 unspecified atom stereocenters. The van der Waals surface area contributed by atoms with Gasteiger partial charge in [-0.15, -0.1) is 11.3 Å².